The van der Waals surface area contributed by atoms with Crippen LogP contribution in [0.5, 0.6) is 0 Å². The maximum Gasteiger partial charge on any atom is 0.334 e. The molecule has 25 heavy (non-hydrogen) atoms. The van der Waals surface area contributed by atoms with Crippen LogP contribution in [0.2, 0.25) is 0 Å². The van der Waals surface area contributed by atoms with Crippen LogP contribution in [0, 0.1) is 13.8 Å². The number of urea groups is 1. The smallest absolute Gasteiger partial charge is 0.324 e. The van der Waals surface area contributed by atoms with Gasteiger partial charge in [-0.1, -0.05) is 12.1 Å². The molecule has 1 N–H and O–H groups in total. The zero-order chi connectivity index (χ0) is 18.3. The second-order valence-electron chi connectivity index (χ2n) is 6.30. The third kappa shape index (κ3) is 2.90. The average molecular weight is 342 g/mol. The van der Waals surface area contributed by atoms with E-state index in [0.717, 1.165) is 16.0 Å². The van der Waals surface area contributed by atoms with Crippen molar-refractivity contribution in [2.75, 3.05) is 26.0 Å². The number of hydrogen-bond acceptors (Lipinski definition) is 4. The van der Waals surface area contributed by atoms with Gasteiger partial charge in [-0.05, 0) is 36.0 Å². The van der Waals surface area contributed by atoms with Crippen molar-refractivity contribution in [3.63, 3.8) is 0 Å². The van der Waals surface area contributed by atoms with Crippen molar-refractivity contribution >= 4 is 35.7 Å². The molecular weight excluding hydrogens is 322 g/mol. The van der Waals surface area contributed by atoms with Crippen LogP contribution < -0.4 is 5.32 Å². The van der Waals surface area contributed by atoms with E-state index in [4.69, 9.17) is 0 Å². The van der Waals surface area contributed by atoms with Gasteiger partial charge in [-0.3, -0.25) is 19.4 Å². The summed E-state index contributed by atoms with van der Waals surface area (Å²) >= 11 is 0. The summed E-state index contributed by atoms with van der Waals surface area (Å²) in [6.45, 7) is 3.47. The van der Waals surface area contributed by atoms with Crippen LogP contribution >= 0.6 is 0 Å². The zero-order valence-corrected chi connectivity index (χ0v) is 14.6. The lowest BCUT2D eigenvalue weighted by molar-refractivity contribution is -0.500. The van der Waals surface area contributed by atoms with Gasteiger partial charge in [0.05, 0.1) is 7.05 Å². The van der Waals surface area contributed by atoms with Crippen molar-refractivity contribution in [3.05, 3.63) is 29.3 Å². The minimum atomic E-state index is -0.670. The Hall–Kier alpha value is -3.03. The Bertz CT molecular complexity index is 843. The molecule has 2 aliphatic heterocycles. The highest BCUT2D eigenvalue weighted by atomic mass is 16.2. The van der Waals surface area contributed by atoms with Gasteiger partial charge in [-0.2, -0.15) is 0 Å². The van der Waals surface area contributed by atoms with Crippen molar-refractivity contribution < 1.29 is 19.0 Å². The van der Waals surface area contributed by atoms with Crippen molar-refractivity contribution in [3.8, 4) is 0 Å². The predicted molar refractivity (Wildman–Crippen MR) is 92.9 cm³/mol. The second kappa shape index (κ2) is 6.12. The topological polar surface area (TPSA) is 85.1 Å². The van der Waals surface area contributed by atoms with Crippen molar-refractivity contribution in [1.82, 2.24) is 9.80 Å². The van der Waals surface area contributed by atoms with E-state index in [9.17, 15) is 14.4 Å². The molecule has 0 spiro atoms. The van der Waals surface area contributed by atoms with Gasteiger partial charge in [0.15, 0.2) is 0 Å². The fraction of sp³-hybridized carbons (Fsp3) is 0.353. The third-order valence-electron chi connectivity index (χ3n) is 4.35. The summed E-state index contributed by atoms with van der Waals surface area (Å²) < 4.78 is 1.62. The first-order valence-electron chi connectivity index (χ1n) is 7.88. The van der Waals surface area contributed by atoms with Crippen molar-refractivity contribution in [2.45, 2.75) is 19.9 Å². The van der Waals surface area contributed by atoms with E-state index in [0.29, 0.717) is 11.5 Å². The highest BCUT2D eigenvalue weighted by Crippen LogP contribution is 2.19. The number of fused-ring (bicyclic) bond motifs is 1. The summed E-state index contributed by atoms with van der Waals surface area (Å²) in [6.07, 6.45) is 1.50. The molecule has 3 rings (SSSR count). The number of benzene rings is 1. The molecule has 1 fully saturated rings. The largest absolute Gasteiger partial charge is 0.334 e. The lowest BCUT2D eigenvalue weighted by Gasteiger charge is -2.32. The number of nitrogens with zero attached hydrogens (tertiary/aromatic N) is 4. The van der Waals surface area contributed by atoms with Crippen LogP contribution in [0.4, 0.5) is 10.5 Å². The normalized spacial score (nSPS) is 19.6. The van der Waals surface area contributed by atoms with Crippen LogP contribution in [0.25, 0.3) is 0 Å². The third-order valence-corrected chi connectivity index (χ3v) is 4.35. The maximum atomic E-state index is 12.6. The van der Waals surface area contributed by atoms with Crippen LogP contribution in [0.1, 0.15) is 11.1 Å². The Morgan fingerprint density at radius 1 is 1.32 bits per heavy atom. The van der Waals surface area contributed by atoms with E-state index in [-0.39, 0.29) is 6.54 Å². The molecule has 1 saturated heterocycles. The van der Waals surface area contributed by atoms with Gasteiger partial charge in [0.25, 0.3) is 24.1 Å². The highest BCUT2D eigenvalue weighted by molar-refractivity contribution is 6.22. The minimum Gasteiger partial charge on any atom is -0.324 e. The molecule has 0 saturated carbocycles. The number of amides is 4. The summed E-state index contributed by atoms with van der Waals surface area (Å²) in [7, 11) is 3.25. The molecule has 1 aromatic carbocycles. The van der Waals surface area contributed by atoms with E-state index in [1.165, 1.54) is 11.2 Å². The number of anilines is 1. The van der Waals surface area contributed by atoms with Crippen LogP contribution in [-0.2, 0) is 9.59 Å². The zero-order valence-electron chi connectivity index (χ0n) is 14.6. The molecule has 0 aliphatic carbocycles. The molecule has 0 bridgehead atoms. The number of likely N-dealkylation sites (N-methyl/N-ethyl adjacent to an activating group) is 2. The number of aryl methyl sites for hydroxylation is 2. The molecule has 1 atom stereocenters. The van der Waals surface area contributed by atoms with Crippen molar-refractivity contribution in [2.24, 2.45) is 4.99 Å². The standard InChI is InChI=1S/C17H19N5O3/c1-10-5-6-11(2)12(7-10)19-13(23)8-22-16(24)14-15(18-9-20(14)3)21(4)17(22)25/h5-7,9,14H,8H2,1-4H3/p+1. The first kappa shape index (κ1) is 16.8. The first-order chi connectivity index (χ1) is 11.8. The molecule has 0 radical (unpaired) electrons. The number of carbonyl (C=O) groups is 3. The molecule has 0 aromatic heterocycles. The summed E-state index contributed by atoms with van der Waals surface area (Å²) in [5.41, 5.74) is 2.59. The van der Waals surface area contributed by atoms with Crippen molar-refractivity contribution in [1.29, 1.82) is 0 Å². The SMILES string of the molecule is Cc1ccc(C)c(NC(=O)CN2C(=O)C3C(=NC=[N+]3C)N(C)C2=O)c1. The molecule has 8 nitrogen and oxygen atoms in total. The van der Waals surface area contributed by atoms with E-state index in [2.05, 4.69) is 10.3 Å². The fourth-order valence-corrected chi connectivity index (χ4v) is 2.89. The molecular formula is C17H20N5O3+. The second-order valence-corrected chi connectivity index (χ2v) is 6.30. The molecule has 130 valence electrons. The summed E-state index contributed by atoms with van der Waals surface area (Å²) in [5, 5.41) is 2.77. The van der Waals surface area contributed by atoms with Gasteiger partial charge in [0, 0.05) is 12.7 Å². The predicted octanol–water partition coefficient (Wildman–Crippen LogP) is 0.587. The van der Waals surface area contributed by atoms with Gasteiger partial charge in [0.1, 0.15) is 6.54 Å². The van der Waals surface area contributed by atoms with E-state index in [1.54, 1.807) is 18.7 Å². The molecule has 1 aromatic rings. The number of amidine groups is 1. The lowest BCUT2D eigenvalue weighted by Crippen LogP contribution is -2.63. The van der Waals surface area contributed by atoms with E-state index >= 15 is 0 Å². The van der Waals surface area contributed by atoms with Crippen LogP contribution in [0.3, 0.4) is 0 Å². The number of aliphatic imine (C=N–C) groups is 1. The molecule has 8 heteroatoms. The Morgan fingerprint density at radius 3 is 2.76 bits per heavy atom. The highest BCUT2D eigenvalue weighted by Gasteiger charge is 2.51. The van der Waals surface area contributed by atoms with Crippen LogP contribution in [-0.4, -0.2) is 71.1 Å². The molecule has 1 unspecified atom stereocenters. The molecule has 2 heterocycles. The number of hydrogen-bond donors (Lipinski definition) is 1. The molecule has 2 aliphatic rings. The Balaban J connectivity index is 1.77. The van der Waals surface area contributed by atoms with Gasteiger partial charge >= 0.3 is 6.03 Å². The first-order valence-corrected chi connectivity index (χ1v) is 7.88. The number of imide groups is 1. The maximum absolute atomic E-state index is 12.6. The minimum absolute atomic E-state index is 0.340. The van der Waals surface area contributed by atoms with Gasteiger partial charge in [-0.15, -0.1) is 0 Å². The van der Waals surface area contributed by atoms with Crippen LogP contribution in [0.15, 0.2) is 23.2 Å². The average Bonchev–Trinajstić information content (AvgIpc) is 2.95. The summed E-state index contributed by atoms with van der Waals surface area (Å²) in [5.74, 6) is -0.494. The fourth-order valence-electron chi connectivity index (χ4n) is 2.89. The van der Waals surface area contributed by atoms with Gasteiger partial charge < -0.3 is 5.32 Å². The lowest BCUT2D eigenvalue weighted by atomic mass is 10.1. The number of carbonyl (C=O) groups excluding carboxylic acids is 3. The summed E-state index contributed by atoms with van der Waals surface area (Å²) in [6, 6.07) is 4.48. The number of rotatable bonds is 3. The quantitative estimate of drug-likeness (QED) is 0.816. The Morgan fingerprint density at radius 2 is 2.04 bits per heavy atom. The van der Waals surface area contributed by atoms with E-state index in [1.807, 2.05) is 32.0 Å². The Labute approximate surface area is 145 Å². The van der Waals surface area contributed by atoms with E-state index < -0.39 is 23.9 Å². The summed E-state index contributed by atoms with van der Waals surface area (Å²) in [4.78, 5) is 43.8. The van der Waals surface area contributed by atoms with Gasteiger partial charge in [0.2, 0.25) is 5.91 Å². The van der Waals surface area contributed by atoms with Gasteiger partial charge in [-0.25, -0.2) is 9.37 Å². The number of nitrogens with one attached hydrogen (secondary N) is 1. The molecule has 4 amide bonds. The monoisotopic (exact) mass is 342 g/mol. The Kier molecular flexibility index (Phi) is 4.12.